The van der Waals surface area contributed by atoms with Crippen molar-refractivity contribution in [2.24, 2.45) is 11.7 Å². The van der Waals surface area contributed by atoms with Crippen molar-refractivity contribution >= 4 is 11.8 Å². The summed E-state index contributed by atoms with van der Waals surface area (Å²) in [6, 6.07) is -0.692. The first-order chi connectivity index (χ1) is 8.97. The first-order valence-electron chi connectivity index (χ1n) is 6.89. The molecule has 0 aromatic rings. The fourth-order valence-corrected chi connectivity index (χ4v) is 1.88. The van der Waals surface area contributed by atoms with Crippen molar-refractivity contribution in [1.82, 2.24) is 10.2 Å². The molecule has 1 aliphatic rings. The number of nitrogens with zero attached hydrogens (tertiary/aromatic N) is 1. The quantitative estimate of drug-likeness (QED) is 0.720. The highest BCUT2D eigenvalue weighted by Crippen LogP contribution is 2.06. The van der Waals surface area contributed by atoms with Crippen LogP contribution in [-0.2, 0) is 14.3 Å². The van der Waals surface area contributed by atoms with Crippen LogP contribution in [0, 0.1) is 5.92 Å². The summed E-state index contributed by atoms with van der Waals surface area (Å²) in [5.74, 6) is -0.494. The van der Waals surface area contributed by atoms with Crippen LogP contribution < -0.4 is 11.1 Å². The summed E-state index contributed by atoms with van der Waals surface area (Å²) >= 11 is 0. The Morgan fingerprint density at radius 3 is 2.37 bits per heavy atom. The summed E-state index contributed by atoms with van der Waals surface area (Å²) in [4.78, 5) is 26.0. The van der Waals surface area contributed by atoms with Gasteiger partial charge in [0.15, 0.2) is 0 Å². The van der Waals surface area contributed by atoms with Gasteiger partial charge in [0.25, 0.3) is 0 Å². The maximum atomic E-state index is 12.3. The lowest BCUT2D eigenvalue weighted by molar-refractivity contribution is -0.140. The second kappa shape index (κ2) is 7.45. The van der Waals surface area contributed by atoms with E-state index in [-0.39, 0.29) is 23.8 Å². The zero-order valence-corrected chi connectivity index (χ0v) is 12.0. The SMILES string of the molecule is CCC(NC(=O)C(C)C(C)N)C(=O)N1CCOCC1. The molecule has 1 heterocycles. The highest BCUT2D eigenvalue weighted by atomic mass is 16.5. The Bertz CT molecular complexity index is 314. The van der Waals surface area contributed by atoms with Gasteiger partial charge in [0.2, 0.25) is 11.8 Å². The largest absolute Gasteiger partial charge is 0.378 e. The maximum absolute atomic E-state index is 12.3. The van der Waals surface area contributed by atoms with E-state index in [1.807, 2.05) is 6.92 Å². The first kappa shape index (κ1) is 15.9. The number of hydrogen-bond donors (Lipinski definition) is 2. The molecule has 0 saturated carbocycles. The standard InChI is InChI=1S/C13H25N3O3/c1-4-11(15-12(17)9(2)10(3)14)13(18)16-5-7-19-8-6-16/h9-11H,4-8,14H2,1-3H3,(H,15,17). The van der Waals surface area contributed by atoms with Gasteiger partial charge in [0.1, 0.15) is 6.04 Å². The fraction of sp³-hybridized carbons (Fsp3) is 0.846. The Morgan fingerprint density at radius 1 is 1.32 bits per heavy atom. The average Bonchev–Trinajstić information content (AvgIpc) is 2.43. The van der Waals surface area contributed by atoms with Crippen molar-refractivity contribution in [1.29, 1.82) is 0 Å². The van der Waals surface area contributed by atoms with Crippen molar-refractivity contribution in [3.63, 3.8) is 0 Å². The number of carbonyl (C=O) groups excluding carboxylic acids is 2. The van der Waals surface area contributed by atoms with Gasteiger partial charge < -0.3 is 20.7 Å². The molecular formula is C13H25N3O3. The average molecular weight is 271 g/mol. The molecule has 0 spiro atoms. The molecule has 2 amide bonds. The third-order valence-corrected chi connectivity index (χ3v) is 3.55. The number of amides is 2. The minimum atomic E-state index is -0.466. The van der Waals surface area contributed by atoms with Gasteiger partial charge >= 0.3 is 0 Å². The molecule has 1 rings (SSSR count). The molecule has 0 aromatic heterocycles. The Kier molecular flexibility index (Phi) is 6.24. The van der Waals surface area contributed by atoms with Gasteiger partial charge in [0.05, 0.1) is 13.2 Å². The van der Waals surface area contributed by atoms with Crippen LogP contribution >= 0.6 is 0 Å². The van der Waals surface area contributed by atoms with Gasteiger partial charge in [-0.1, -0.05) is 13.8 Å². The molecule has 19 heavy (non-hydrogen) atoms. The number of rotatable bonds is 5. The molecule has 3 unspecified atom stereocenters. The Morgan fingerprint density at radius 2 is 1.89 bits per heavy atom. The lowest BCUT2D eigenvalue weighted by Crippen LogP contribution is -2.53. The van der Waals surface area contributed by atoms with Gasteiger partial charge in [-0.2, -0.15) is 0 Å². The van der Waals surface area contributed by atoms with Gasteiger partial charge in [-0.25, -0.2) is 0 Å². The summed E-state index contributed by atoms with van der Waals surface area (Å²) in [6.07, 6.45) is 0.577. The minimum Gasteiger partial charge on any atom is -0.378 e. The molecule has 0 aromatic carbocycles. The zero-order chi connectivity index (χ0) is 14.4. The Balaban J connectivity index is 2.56. The molecule has 6 heteroatoms. The highest BCUT2D eigenvalue weighted by Gasteiger charge is 2.27. The predicted octanol–water partition coefficient (Wildman–Crippen LogP) is -0.277. The topological polar surface area (TPSA) is 84.7 Å². The number of nitrogens with one attached hydrogen (secondary N) is 1. The van der Waals surface area contributed by atoms with Crippen LogP contribution in [0.15, 0.2) is 0 Å². The number of ether oxygens (including phenoxy) is 1. The van der Waals surface area contributed by atoms with Crippen LogP contribution in [0.25, 0.3) is 0 Å². The predicted molar refractivity (Wildman–Crippen MR) is 72.4 cm³/mol. The summed E-state index contributed by atoms with van der Waals surface area (Å²) in [5.41, 5.74) is 5.70. The van der Waals surface area contributed by atoms with E-state index in [1.54, 1.807) is 18.7 Å². The van der Waals surface area contributed by atoms with E-state index >= 15 is 0 Å². The van der Waals surface area contributed by atoms with E-state index in [0.717, 1.165) is 0 Å². The third-order valence-electron chi connectivity index (χ3n) is 3.55. The molecule has 0 bridgehead atoms. The van der Waals surface area contributed by atoms with Gasteiger partial charge in [0, 0.05) is 25.0 Å². The van der Waals surface area contributed by atoms with E-state index < -0.39 is 6.04 Å². The van der Waals surface area contributed by atoms with Crippen LogP contribution in [0.1, 0.15) is 27.2 Å². The van der Waals surface area contributed by atoms with Gasteiger partial charge in [-0.05, 0) is 13.3 Å². The minimum absolute atomic E-state index is 0.0315. The van der Waals surface area contributed by atoms with Crippen LogP contribution in [0.5, 0.6) is 0 Å². The van der Waals surface area contributed by atoms with Crippen LogP contribution in [0.4, 0.5) is 0 Å². The number of hydrogen-bond acceptors (Lipinski definition) is 4. The fourth-order valence-electron chi connectivity index (χ4n) is 1.88. The summed E-state index contributed by atoms with van der Waals surface area (Å²) in [5, 5.41) is 2.79. The normalized spacial score (nSPS) is 20.5. The van der Waals surface area contributed by atoms with Gasteiger partial charge in [-0.15, -0.1) is 0 Å². The van der Waals surface area contributed by atoms with Crippen LogP contribution in [0.2, 0.25) is 0 Å². The number of nitrogens with two attached hydrogens (primary N) is 1. The van der Waals surface area contributed by atoms with Crippen molar-refractivity contribution in [2.75, 3.05) is 26.3 Å². The second-order valence-electron chi connectivity index (χ2n) is 5.05. The van der Waals surface area contributed by atoms with E-state index in [2.05, 4.69) is 5.32 Å². The Labute approximate surface area is 114 Å². The van der Waals surface area contributed by atoms with E-state index in [0.29, 0.717) is 32.7 Å². The van der Waals surface area contributed by atoms with E-state index in [9.17, 15) is 9.59 Å². The monoisotopic (exact) mass is 271 g/mol. The third kappa shape index (κ3) is 4.47. The summed E-state index contributed by atoms with van der Waals surface area (Å²) < 4.78 is 5.22. The molecule has 6 nitrogen and oxygen atoms in total. The van der Waals surface area contributed by atoms with E-state index in [1.165, 1.54) is 0 Å². The number of carbonyl (C=O) groups is 2. The van der Waals surface area contributed by atoms with Crippen molar-refractivity contribution < 1.29 is 14.3 Å². The molecule has 1 saturated heterocycles. The molecule has 1 fully saturated rings. The molecular weight excluding hydrogens is 246 g/mol. The maximum Gasteiger partial charge on any atom is 0.245 e. The van der Waals surface area contributed by atoms with Crippen LogP contribution in [-0.4, -0.2) is 55.1 Å². The smallest absolute Gasteiger partial charge is 0.245 e. The number of morpholine rings is 1. The molecule has 3 N–H and O–H groups in total. The zero-order valence-electron chi connectivity index (χ0n) is 12.0. The Hall–Kier alpha value is -1.14. The van der Waals surface area contributed by atoms with Crippen molar-refractivity contribution in [3.05, 3.63) is 0 Å². The van der Waals surface area contributed by atoms with Crippen molar-refractivity contribution in [2.45, 2.75) is 39.3 Å². The lowest BCUT2D eigenvalue weighted by Gasteiger charge is -2.31. The summed E-state index contributed by atoms with van der Waals surface area (Å²) in [7, 11) is 0. The molecule has 3 atom stereocenters. The molecule has 0 aliphatic carbocycles. The van der Waals surface area contributed by atoms with E-state index in [4.69, 9.17) is 10.5 Å². The highest BCUT2D eigenvalue weighted by molar-refractivity contribution is 5.88. The lowest BCUT2D eigenvalue weighted by atomic mass is 10.0. The van der Waals surface area contributed by atoms with Crippen LogP contribution in [0.3, 0.4) is 0 Å². The first-order valence-corrected chi connectivity index (χ1v) is 6.89. The van der Waals surface area contributed by atoms with Crippen molar-refractivity contribution in [3.8, 4) is 0 Å². The molecule has 110 valence electrons. The molecule has 0 radical (unpaired) electrons. The second-order valence-corrected chi connectivity index (χ2v) is 5.05. The molecule has 1 aliphatic heterocycles. The van der Waals surface area contributed by atoms with Gasteiger partial charge in [-0.3, -0.25) is 9.59 Å². The summed E-state index contributed by atoms with van der Waals surface area (Å²) in [6.45, 7) is 7.75.